The zero-order valence-corrected chi connectivity index (χ0v) is 13.0. The van der Waals surface area contributed by atoms with Crippen LogP contribution >= 0.6 is 11.8 Å². The van der Waals surface area contributed by atoms with Crippen LogP contribution in [0.2, 0.25) is 0 Å². The van der Waals surface area contributed by atoms with E-state index in [1.807, 2.05) is 49.1 Å². The molecule has 3 heterocycles. The van der Waals surface area contributed by atoms with Crippen LogP contribution in [0.1, 0.15) is 23.6 Å². The topological polar surface area (TPSA) is 41.6 Å². The average molecular weight is 301 g/mol. The first-order valence-electron chi connectivity index (χ1n) is 7.19. The van der Waals surface area contributed by atoms with Crippen molar-refractivity contribution in [1.82, 2.24) is 9.88 Å². The Bertz CT molecular complexity index is 609. The summed E-state index contributed by atoms with van der Waals surface area (Å²) in [6.07, 6.45) is 2.99. The Morgan fingerprint density at radius 2 is 2.19 bits per heavy atom. The van der Waals surface area contributed by atoms with Gasteiger partial charge in [0.25, 0.3) is 0 Å². The first kappa shape index (κ1) is 14.2. The monoisotopic (exact) mass is 301 g/mol. The molecule has 110 valence electrons. The number of pyridine rings is 1. The Balaban J connectivity index is 1.78. The van der Waals surface area contributed by atoms with Crippen LogP contribution in [-0.4, -0.2) is 27.3 Å². The van der Waals surface area contributed by atoms with Crippen LogP contribution in [0, 0.1) is 6.92 Å². The van der Waals surface area contributed by atoms with Gasteiger partial charge in [0.05, 0.1) is 18.8 Å². The third kappa shape index (κ3) is 3.88. The number of rotatable bonds is 4. The van der Waals surface area contributed by atoms with Gasteiger partial charge >= 0.3 is 0 Å². The Morgan fingerprint density at radius 1 is 1.24 bits per heavy atom. The highest BCUT2D eigenvalue weighted by atomic mass is 32.2. The number of amidine groups is 1. The van der Waals surface area contributed by atoms with Gasteiger partial charge < -0.3 is 9.32 Å². The summed E-state index contributed by atoms with van der Waals surface area (Å²) in [5, 5.41) is 1.10. The first-order valence-corrected chi connectivity index (χ1v) is 8.17. The summed E-state index contributed by atoms with van der Waals surface area (Å²) in [5.41, 5.74) is 1.05. The second kappa shape index (κ2) is 6.80. The fourth-order valence-electron chi connectivity index (χ4n) is 2.28. The Hall–Kier alpha value is -1.75. The fraction of sp³-hybridized carbons (Fsp3) is 0.375. The van der Waals surface area contributed by atoms with Gasteiger partial charge in [-0.2, -0.15) is 0 Å². The number of thioether (sulfide) groups is 1. The maximum Gasteiger partial charge on any atom is 0.159 e. The smallest absolute Gasteiger partial charge is 0.159 e. The summed E-state index contributed by atoms with van der Waals surface area (Å²) in [6, 6.07) is 10.1. The van der Waals surface area contributed by atoms with E-state index in [2.05, 4.69) is 20.9 Å². The number of aromatic nitrogens is 1. The van der Waals surface area contributed by atoms with Gasteiger partial charge in [0, 0.05) is 18.5 Å². The van der Waals surface area contributed by atoms with Crippen molar-refractivity contribution in [1.29, 1.82) is 0 Å². The van der Waals surface area contributed by atoms with Crippen LogP contribution in [0.25, 0.3) is 0 Å². The molecular formula is C16H19N3OS. The number of furan rings is 1. The highest BCUT2D eigenvalue weighted by Crippen LogP contribution is 2.20. The fourth-order valence-corrected chi connectivity index (χ4v) is 3.23. The van der Waals surface area contributed by atoms with E-state index in [1.54, 1.807) is 0 Å². The molecular weight excluding hydrogens is 282 g/mol. The van der Waals surface area contributed by atoms with Gasteiger partial charge in [-0.25, -0.2) is 0 Å². The minimum absolute atomic E-state index is 0.732. The molecule has 0 aromatic carbocycles. The molecule has 0 bridgehead atoms. The molecule has 4 nitrogen and oxygen atoms in total. The zero-order chi connectivity index (χ0) is 14.5. The molecule has 0 saturated carbocycles. The number of nitrogens with zero attached hydrogens (tertiary/aromatic N) is 3. The summed E-state index contributed by atoms with van der Waals surface area (Å²) >= 11 is 1.82. The lowest BCUT2D eigenvalue weighted by atomic mass is 10.3. The normalized spacial score (nSPS) is 14.8. The number of aliphatic imine (C=N–C) groups is 1. The van der Waals surface area contributed by atoms with E-state index in [1.165, 1.54) is 0 Å². The van der Waals surface area contributed by atoms with Crippen molar-refractivity contribution in [3.05, 3.63) is 53.7 Å². The standard InChI is InChI=1S/C16H19N3OS/c1-13-6-7-15(20-13)12-19(16-18-9-4-10-21-16)11-14-5-2-3-8-17-14/h2-3,5-8H,4,9-12H2,1H3. The van der Waals surface area contributed by atoms with E-state index in [4.69, 9.17) is 4.42 Å². The molecule has 5 heteroatoms. The van der Waals surface area contributed by atoms with Gasteiger partial charge in [-0.15, -0.1) is 0 Å². The molecule has 0 fully saturated rings. The molecule has 1 aliphatic rings. The van der Waals surface area contributed by atoms with Gasteiger partial charge in [0.1, 0.15) is 11.5 Å². The van der Waals surface area contributed by atoms with Crippen molar-refractivity contribution in [3.63, 3.8) is 0 Å². The van der Waals surface area contributed by atoms with Gasteiger partial charge in [-0.1, -0.05) is 17.8 Å². The summed E-state index contributed by atoms with van der Waals surface area (Å²) in [7, 11) is 0. The Kier molecular flexibility index (Phi) is 4.60. The lowest BCUT2D eigenvalue weighted by Gasteiger charge is -2.26. The van der Waals surface area contributed by atoms with Gasteiger partial charge in [0.15, 0.2) is 5.17 Å². The lowest BCUT2D eigenvalue weighted by Crippen LogP contribution is -2.30. The predicted molar refractivity (Wildman–Crippen MR) is 86.3 cm³/mol. The molecule has 1 aliphatic heterocycles. The van der Waals surface area contributed by atoms with Crippen LogP contribution < -0.4 is 0 Å². The summed E-state index contributed by atoms with van der Waals surface area (Å²) in [6.45, 7) is 4.38. The Labute approximate surface area is 129 Å². The molecule has 0 N–H and O–H groups in total. The second-order valence-corrected chi connectivity index (χ2v) is 6.12. The quantitative estimate of drug-likeness (QED) is 0.867. The molecule has 0 atom stereocenters. The van der Waals surface area contributed by atoms with E-state index >= 15 is 0 Å². The van der Waals surface area contributed by atoms with Crippen molar-refractivity contribution in [2.24, 2.45) is 4.99 Å². The largest absolute Gasteiger partial charge is 0.464 e. The molecule has 21 heavy (non-hydrogen) atoms. The second-order valence-electron chi connectivity index (χ2n) is 5.06. The van der Waals surface area contributed by atoms with Crippen LogP contribution in [0.5, 0.6) is 0 Å². The van der Waals surface area contributed by atoms with Crippen LogP contribution in [0.3, 0.4) is 0 Å². The molecule has 0 unspecified atom stereocenters. The maximum atomic E-state index is 5.72. The lowest BCUT2D eigenvalue weighted by molar-refractivity contribution is 0.351. The molecule has 3 rings (SSSR count). The maximum absolute atomic E-state index is 5.72. The number of hydrogen-bond donors (Lipinski definition) is 0. The van der Waals surface area contributed by atoms with Crippen molar-refractivity contribution < 1.29 is 4.42 Å². The van der Waals surface area contributed by atoms with Crippen LogP contribution in [0.15, 0.2) is 45.9 Å². The van der Waals surface area contributed by atoms with Crippen molar-refractivity contribution in [3.8, 4) is 0 Å². The molecule has 0 spiro atoms. The minimum atomic E-state index is 0.732. The highest BCUT2D eigenvalue weighted by molar-refractivity contribution is 8.13. The van der Waals surface area contributed by atoms with Crippen LogP contribution in [0.4, 0.5) is 0 Å². The Morgan fingerprint density at radius 3 is 2.86 bits per heavy atom. The van der Waals surface area contributed by atoms with Gasteiger partial charge in [0.2, 0.25) is 0 Å². The molecule has 0 aliphatic carbocycles. The average Bonchev–Trinajstić information content (AvgIpc) is 2.94. The van der Waals surface area contributed by atoms with E-state index < -0.39 is 0 Å². The summed E-state index contributed by atoms with van der Waals surface area (Å²) < 4.78 is 5.72. The van der Waals surface area contributed by atoms with E-state index in [9.17, 15) is 0 Å². The molecule has 0 saturated heterocycles. The highest BCUT2D eigenvalue weighted by Gasteiger charge is 2.17. The van der Waals surface area contributed by atoms with Crippen molar-refractivity contribution in [2.45, 2.75) is 26.4 Å². The van der Waals surface area contributed by atoms with Crippen molar-refractivity contribution >= 4 is 16.9 Å². The van der Waals surface area contributed by atoms with Gasteiger partial charge in [-0.3, -0.25) is 9.98 Å². The molecule has 2 aromatic heterocycles. The first-order chi connectivity index (χ1) is 10.3. The molecule has 0 radical (unpaired) electrons. The predicted octanol–water partition coefficient (Wildman–Crippen LogP) is 3.48. The summed E-state index contributed by atoms with van der Waals surface area (Å²) in [4.78, 5) is 11.3. The molecule has 0 amide bonds. The third-order valence-corrected chi connectivity index (χ3v) is 4.41. The summed E-state index contributed by atoms with van der Waals surface area (Å²) in [5.74, 6) is 3.05. The zero-order valence-electron chi connectivity index (χ0n) is 12.2. The van der Waals surface area contributed by atoms with Crippen molar-refractivity contribution in [2.75, 3.05) is 12.3 Å². The third-order valence-electron chi connectivity index (χ3n) is 3.27. The molecule has 2 aromatic rings. The minimum Gasteiger partial charge on any atom is -0.464 e. The SMILES string of the molecule is Cc1ccc(CN(Cc2ccccn2)C2=NCCCS2)o1. The van der Waals surface area contributed by atoms with E-state index in [0.717, 1.165) is 54.2 Å². The number of aryl methyl sites for hydroxylation is 1. The van der Waals surface area contributed by atoms with E-state index in [0.29, 0.717) is 0 Å². The van der Waals surface area contributed by atoms with Crippen LogP contribution in [-0.2, 0) is 13.1 Å². The van der Waals surface area contributed by atoms with Gasteiger partial charge in [-0.05, 0) is 37.6 Å². The van der Waals surface area contributed by atoms with E-state index in [-0.39, 0.29) is 0 Å². The number of hydrogen-bond acceptors (Lipinski definition) is 5.